The van der Waals surface area contributed by atoms with Crippen molar-refractivity contribution in [3.8, 4) is 0 Å². The van der Waals surface area contributed by atoms with Crippen LogP contribution in [0.1, 0.15) is 89.9 Å². The quantitative estimate of drug-likeness (QED) is 0.698. The summed E-state index contributed by atoms with van der Waals surface area (Å²) in [4.78, 5) is 2.87. The van der Waals surface area contributed by atoms with Crippen LogP contribution >= 0.6 is 0 Å². The summed E-state index contributed by atoms with van der Waals surface area (Å²) >= 11 is 0. The normalized spacial score (nSPS) is 25.9. The van der Waals surface area contributed by atoms with Gasteiger partial charge in [0, 0.05) is 6.04 Å². The second kappa shape index (κ2) is 10.7. The predicted octanol–water partition coefficient (Wildman–Crippen LogP) is 4.32. The number of nitrogens with zero attached hydrogens (tertiary/aromatic N) is 1. The monoisotopic (exact) mass is 269 g/mol. The summed E-state index contributed by atoms with van der Waals surface area (Å²) in [6.07, 6.45) is 20.7. The molecule has 0 bridgehead atoms. The van der Waals surface area contributed by atoms with Crippen LogP contribution in [0.25, 0.3) is 0 Å². The summed E-state index contributed by atoms with van der Waals surface area (Å²) < 4.78 is 0. The zero-order valence-corrected chi connectivity index (χ0v) is 12.8. The fourth-order valence-corrected chi connectivity index (χ4v) is 3.79. The first kappa shape index (κ1) is 17.0. The lowest BCUT2D eigenvalue weighted by atomic mass is 10.0. The molecular formula is C17H35NO. The van der Waals surface area contributed by atoms with Gasteiger partial charge in [-0.1, -0.05) is 64.2 Å². The molecule has 0 spiro atoms. The molecule has 1 heterocycles. The molecule has 2 aliphatic rings. The van der Waals surface area contributed by atoms with Crippen LogP contribution in [0.3, 0.4) is 0 Å². The Hall–Kier alpha value is -0.0800. The van der Waals surface area contributed by atoms with Gasteiger partial charge in [0.2, 0.25) is 0 Å². The van der Waals surface area contributed by atoms with Gasteiger partial charge in [-0.2, -0.15) is 0 Å². The second-order valence-corrected chi connectivity index (χ2v) is 6.51. The first-order chi connectivity index (χ1) is 8.97. The molecule has 0 radical (unpaired) electrons. The minimum absolute atomic E-state index is 0. The van der Waals surface area contributed by atoms with E-state index in [4.69, 9.17) is 0 Å². The van der Waals surface area contributed by atoms with Crippen molar-refractivity contribution in [2.45, 2.75) is 95.9 Å². The molecule has 0 aromatic rings. The van der Waals surface area contributed by atoms with Crippen LogP contribution < -0.4 is 0 Å². The van der Waals surface area contributed by atoms with Gasteiger partial charge in [0.05, 0.1) is 0 Å². The Morgan fingerprint density at radius 3 is 1.32 bits per heavy atom. The zero-order chi connectivity index (χ0) is 12.5. The highest BCUT2D eigenvalue weighted by molar-refractivity contribution is 4.74. The summed E-state index contributed by atoms with van der Waals surface area (Å²) in [5, 5.41) is 0. The van der Waals surface area contributed by atoms with Gasteiger partial charge >= 0.3 is 0 Å². The molecule has 19 heavy (non-hydrogen) atoms. The lowest BCUT2D eigenvalue weighted by Crippen LogP contribution is -2.36. The average Bonchev–Trinajstić information content (AvgIpc) is 2.61. The van der Waals surface area contributed by atoms with E-state index in [1.54, 1.807) is 0 Å². The topological polar surface area (TPSA) is 34.7 Å². The molecule has 1 aliphatic heterocycles. The van der Waals surface area contributed by atoms with Crippen LogP contribution in [0, 0.1) is 0 Å². The fourth-order valence-electron chi connectivity index (χ4n) is 3.79. The fraction of sp³-hybridized carbons (Fsp3) is 1.00. The summed E-state index contributed by atoms with van der Waals surface area (Å²) in [6.45, 7) is 2.79. The average molecular weight is 269 g/mol. The summed E-state index contributed by atoms with van der Waals surface area (Å²) in [6, 6.07) is 0.932. The number of hydrogen-bond donors (Lipinski definition) is 0. The highest BCUT2D eigenvalue weighted by Gasteiger charge is 2.18. The van der Waals surface area contributed by atoms with E-state index in [1.807, 2.05) is 0 Å². The smallest absolute Gasteiger partial charge is 0.00952 e. The van der Waals surface area contributed by atoms with Crippen LogP contribution in [-0.4, -0.2) is 29.5 Å². The summed E-state index contributed by atoms with van der Waals surface area (Å²) in [7, 11) is 0. The lowest BCUT2D eigenvalue weighted by molar-refractivity contribution is 0.170. The molecule has 1 saturated carbocycles. The van der Waals surface area contributed by atoms with Gasteiger partial charge in [-0.3, -0.25) is 0 Å². The van der Waals surface area contributed by atoms with Crippen molar-refractivity contribution in [1.82, 2.24) is 4.90 Å². The van der Waals surface area contributed by atoms with Gasteiger partial charge in [0.1, 0.15) is 0 Å². The molecule has 0 aromatic heterocycles. The van der Waals surface area contributed by atoms with E-state index < -0.39 is 0 Å². The van der Waals surface area contributed by atoms with E-state index in [1.165, 1.54) is 103 Å². The molecule has 0 aromatic carbocycles. The standard InChI is InChI=1S/C17H33N.H2O/c1-2-6-10-14-17(13-9-5-1)18-15-11-7-3-4-8-12-16-18;/h17H,1-16H2;1H2. The van der Waals surface area contributed by atoms with Crippen molar-refractivity contribution in [1.29, 1.82) is 0 Å². The molecule has 0 atom stereocenters. The van der Waals surface area contributed by atoms with Crippen molar-refractivity contribution >= 4 is 0 Å². The first-order valence-corrected chi connectivity index (χ1v) is 8.71. The molecule has 0 amide bonds. The van der Waals surface area contributed by atoms with E-state index in [2.05, 4.69) is 4.90 Å². The third-order valence-corrected chi connectivity index (χ3v) is 4.98. The predicted molar refractivity (Wildman–Crippen MR) is 83.6 cm³/mol. The van der Waals surface area contributed by atoms with Gasteiger partial charge in [0.25, 0.3) is 0 Å². The van der Waals surface area contributed by atoms with Crippen molar-refractivity contribution in [3.05, 3.63) is 0 Å². The van der Waals surface area contributed by atoms with E-state index in [-0.39, 0.29) is 5.48 Å². The Labute approximate surface area is 120 Å². The molecular weight excluding hydrogens is 234 g/mol. The Balaban J connectivity index is 0.00000180. The van der Waals surface area contributed by atoms with Crippen LogP contribution in [0.5, 0.6) is 0 Å². The zero-order valence-electron chi connectivity index (χ0n) is 12.8. The Bertz CT molecular complexity index is 165. The molecule has 1 aliphatic carbocycles. The molecule has 0 unspecified atom stereocenters. The molecule has 1 saturated heterocycles. The minimum atomic E-state index is 0. The first-order valence-electron chi connectivity index (χ1n) is 8.71. The second-order valence-electron chi connectivity index (χ2n) is 6.51. The van der Waals surface area contributed by atoms with Gasteiger partial charge in [-0.25, -0.2) is 0 Å². The number of hydrogen-bond acceptors (Lipinski definition) is 1. The van der Waals surface area contributed by atoms with E-state index in [9.17, 15) is 0 Å². The summed E-state index contributed by atoms with van der Waals surface area (Å²) in [5.41, 5.74) is 0. The lowest BCUT2D eigenvalue weighted by Gasteiger charge is -2.31. The van der Waals surface area contributed by atoms with Crippen LogP contribution in [0.2, 0.25) is 0 Å². The van der Waals surface area contributed by atoms with E-state index >= 15 is 0 Å². The van der Waals surface area contributed by atoms with Crippen molar-refractivity contribution in [2.24, 2.45) is 0 Å². The van der Waals surface area contributed by atoms with Crippen LogP contribution in [0.4, 0.5) is 0 Å². The SMILES string of the molecule is C1CCCCC(N2CCCCCCCC2)CCC1.O. The third-order valence-electron chi connectivity index (χ3n) is 4.98. The van der Waals surface area contributed by atoms with E-state index in [0.29, 0.717) is 0 Å². The van der Waals surface area contributed by atoms with Gasteiger partial charge in [0.15, 0.2) is 0 Å². The largest absolute Gasteiger partial charge is 0.412 e. The molecule has 2 nitrogen and oxygen atoms in total. The number of rotatable bonds is 1. The molecule has 2 rings (SSSR count). The van der Waals surface area contributed by atoms with Crippen molar-refractivity contribution < 1.29 is 5.48 Å². The molecule has 114 valence electrons. The maximum Gasteiger partial charge on any atom is 0.00952 e. The van der Waals surface area contributed by atoms with Gasteiger partial charge in [-0.15, -0.1) is 0 Å². The Morgan fingerprint density at radius 1 is 0.474 bits per heavy atom. The molecule has 2 N–H and O–H groups in total. The third kappa shape index (κ3) is 6.76. The van der Waals surface area contributed by atoms with E-state index in [0.717, 1.165) is 6.04 Å². The maximum atomic E-state index is 2.87. The van der Waals surface area contributed by atoms with Crippen LogP contribution in [0.15, 0.2) is 0 Å². The Morgan fingerprint density at radius 2 is 0.842 bits per heavy atom. The highest BCUT2D eigenvalue weighted by atomic mass is 16.0. The molecule has 2 fully saturated rings. The highest BCUT2D eigenvalue weighted by Crippen LogP contribution is 2.23. The van der Waals surface area contributed by atoms with Crippen molar-refractivity contribution in [2.75, 3.05) is 13.1 Å². The summed E-state index contributed by atoms with van der Waals surface area (Å²) in [5.74, 6) is 0. The maximum absolute atomic E-state index is 2.87. The van der Waals surface area contributed by atoms with Gasteiger partial charge < -0.3 is 10.4 Å². The minimum Gasteiger partial charge on any atom is -0.412 e. The molecule has 2 heteroatoms. The van der Waals surface area contributed by atoms with Gasteiger partial charge in [-0.05, 0) is 38.8 Å². The van der Waals surface area contributed by atoms with Crippen molar-refractivity contribution in [3.63, 3.8) is 0 Å². The Kier molecular flexibility index (Phi) is 9.54. The van der Waals surface area contributed by atoms with Crippen LogP contribution in [-0.2, 0) is 0 Å².